The summed E-state index contributed by atoms with van der Waals surface area (Å²) in [4.78, 5) is 0. The summed E-state index contributed by atoms with van der Waals surface area (Å²) in [6.07, 6.45) is 0. The summed E-state index contributed by atoms with van der Waals surface area (Å²) in [6.45, 7) is 4.22. The number of rotatable bonds is 5. The molecule has 4 heteroatoms. The van der Waals surface area contributed by atoms with Crippen LogP contribution in [0.1, 0.15) is 13.8 Å². The highest BCUT2D eigenvalue weighted by Gasteiger charge is 2.19. The fourth-order valence-corrected chi connectivity index (χ4v) is 2.52. The standard InChI is InChI=1S/C15H17O2P.ClH/c1-13(2)18(16-14-9-5-3-6-10-14)17-15-11-7-4-8-12-15;/h3-13H,1-2H3;1H. The second-order valence-electron chi connectivity index (χ2n) is 4.19. The summed E-state index contributed by atoms with van der Waals surface area (Å²) >= 11 is 0. The van der Waals surface area contributed by atoms with E-state index in [0.717, 1.165) is 11.5 Å². The van der Waals surface area contributed by atoms with Crippen molar-refractivity contribution in [2.45, 2.75) is 19.5 Å². The Morgan fingerprint density at radius 2 is 1.11 bits per heavy atom. The molecule has 2 nitrogen and oxygen atoms in total. The largest absolute Gasteiger partial charge is 0.438 e. The van der Waals surface area contributed by atoms with Crippen molar-refractivity contribution in [3.8, 4) is 11.5 Å². The molecule has 2 aromatic carbocycles. The zero-order valence-corrected chi connectivity index (χ0v) is 12.7. The van der Waals surface area contributed by atoms with Crippen LogP contribution in [0.2, 0.25) is 0 Å². The molecular weight excluding hydrogens is 279 g/mol. The van der Waals surface area contributed by atoms with Crippen LogP contribution in [0.4, 0.5) is 0 Å². The predicted octanol–water partition coefficient (Wildman–Crippen LogP) is 5.29. The van der Waals surface area contributed by atoms with Gasteiger partial charge in [-0.3, -0.25) is 0 Å². The molecule has 0 spiro atoms. The van der Waals surface area contributed by atoms with Crippen molar-refractivity contribution in [2.75, 3.05) is 0 Å². The van der Waals surface area contributed by atoms with Crippen LogP contribution in [0, 0.1) is 0 Å². The van der Waals surface area contributed by atoms with Gasteiger partial charge in [0.25, 0.3) is 8.38 Å². The highest BCUT2D eigenvalue weighted by atomic mass is 35.5. The van der Waals surface area contributed by atoms with Crippen molar-refractivity contribution in [3.05, 3.63) is 60.7 Å². The van der Waals surface area contributed by atoms with Gasteiger partial charge in [0.1, 0.15) is 11.5 Å². The zero-order valence-electron chi connectivity index (χ0n) is 11.0. The van der Waals surface area contributed by atoms with E-state index in [0.29, 0.717) is 5.66 Å². The lowest BCUT2D eigenvalue weighted by atomic mass is 10.3. The predicted molar refractivity (Wildman–Crippen MR) is 83.4 cm³/mol. The second-order valence-corrected chi connectivity index (χ2v) is 6.16. The minimum Gasteiger partial charge on any atom is -0.438 e. The number of halogens is 1. The van der Waals surface area contributed by atoms with Crippen LogP contribution < -0.4 is 9.05 Å². The van der Waals surface area contributed by atoms with Crippen LogP contribution in [0.25, 0.3) is 0 Å². The van der Waals surface area contributed by atoms with Gasteiger partial charge in [-0.15, -0.1) is 12.4 Å². The van der Waals surface area contributed by atoms with Crippen LogP contribution in [-0.4, -0.2) is 5.66 Å². The maximum absolute atomic E-state index is 5.92. The van der Waals surface area contributed by atoms with Crippen LogP contribution in [0.15, 0.2) is 60.7 Å². The highest BCUT2D eigenvalue weighted by Crippen LogP contribution is 2.44. The lowest BCUT2D eigenvalue weighted by Crippen LogP contribution is -2.05. The smallest absolute Gasteiger partial charge is 0.293 e. The molecule has 0 saturated carbocycles. The average molecular weight is 297 g/mol. The second kappa shape index (κ2) is 8.04. The Hall–Kier alpha value is -1.24. The third-order valence-electron chi connectivity index (χ3n) is 2.30. The van der Waals surface area contributed by atoms with E-state index < -0.39 is 8.38 Å². The first-order chi connectivity index (χ1) is 8.75. The van der Waals surface area contributed by atoms with Crippen molar-refractivity contribution >= 4 is 20.8 Å². The molecule has 0 atom stereocenters. The summed E-state index contributed by atoms with van der Waals surface area (Å²) in [5, 5.41) is 0. The van der Waals surface area contributed by atoms with Gasteiger partial charge in [-0.05, 0) is 24.3 Å². The number of hydrogen-bond donors (Lipinski definition) is 0. The Balaban J connectivity index is 0.00000180. The highest BCUT2D eigenvalue weighted by molar-refractivity contribution is 7.48. The molecule has 0 aliphatic carbocycles. The van der Waals surface area contributed by atoms with Gasteiger partial charge in [0.05, 0.1) is 0 Å². The minimum absolute atomic E-state index is 0. The average Bonchev–Trinajstić information content (AvgIpc) is 2.40. The van der Waals surface area contributed by atoms with Crippen LogP contribution in [0.3, 0.4) is 0 Å². The monoisotopic (exact) mass is 296 g/mol. The van der Waals surface area contributed by atoms with Gasteiger partial charge in [0, 0.05) is 5.66 Å². The van der Waals surface area contributed by atoms with Gasteiger partial charge >= 0.3 is 0 Å². The van der Waals surface area contributed by atoms with Crippen molar-refractivity contribution in [2.24, 2.45) is 0 Å². The van der Waals surface area contributed by atoms with Crippen molar-refractivity contribution in [1.29, 1.82) is 0 Å². The van der Waals surface area contributed by atoms with Crippen molar-refractivity contribution < 1.29 is 9.05 Å². The Kier molecular flexibility index (Phi) is 6.69. The molecule has 2 rings (SSSR count). The van der Waals surface area contributed by atoms with Gasteiger partial charge < -0.3 is 9.05 Å². The van der Waals surface area contributed by atoms with Gasteiger partial charge in [0.15, 0.2) is 0 Å². The molecule has 19 heavy (non-hydrogen) atoms. The first kappa shape index (κ1) is 15.8. The maximum Gasteiger partial charge on any atom is 0.293 e. The molecule has 102 valence electrons. The Morgan fingerprint density at radius 3 is 1.42 bits per heavy atom. The van der Waals surface area contributed by atoms with Gasteiger partial charge in [-0.1, -0.05) is 50.2 Å². The Labute approximate surface area is 122 Å². The molecule has 0 fully saturated rings. The molecule has 0 bridgehead atoms. The first-order valence-corrected chi connectivity index (χ1v) is 7.25. The fraction of sp³-hybridized carbons (Fsp3) is 0.200. The number of hydrogen-bond acceptors (Lipinski definition) is 2. The summed E-state index contributed by atoms with van der Waals surface area (Å²) in [5.41, 5.74) is 0.334. The molecule has 0 aromatic heterocycles. The van der Waals surface area contributed by atoms with Crippen molar-refractivity contribution in [3.63, 3.8) is 0 Å². The Morgan fingerprint density at radius 1 is 0.737 bits per heavy atom. The third-order valence-corrected chi connectivity index (χ3v) is 3.92. The molecule has 2 aromatic rings. The lowest BCUT2D eigenvalue weighted by molar-refractivity contribution is 0.480. The molecule has 0 amide bonds. The molecule has 0 radical (unpaired) electrons. The number of benzene rings is 2. The Bertz CT molecular complexity index is 421. The molecule has 0 saturated heterocycles. The first-order valence-electron chi connectivity index (χ1n) is 6.01. The lowest BCUT2D eigenvalue weighted by Gasteiger charge is -2.21. The normalized spacial score (nSPS) is 10.1. The van der Waals surface area contributed by atoms with Crippen molar-refractivity contribution in [1.82, 2.24) is 0 Å². The summed E-state index contributed by atoms with van der Waals surface area (Å²) in [5.74, 6) is 1.71. The minimum atomic E-state index is -0.972. The van der Waals surface area contributed by atoms with E-state index in [1.165, 1.54) is 0 Å². The quantitative estimate of drug-likeness (QED) is 0.698. The number of para-hydroxylation sites is 2. The molecule has 0 unspecified atom stereocenters. The molecule has 0 heterocycles. The third kappa shape index (κ3) is 5.10. The SMILES string of the molecule is CC(C)P(Oc1ccccc1)Oc1ccccc1.Cl. The molecule has 0 aliphatic rings. The summed E-state index contributed by atoms with van der Waals surface area (Å²) in [6, 6.07) is 19.6. The molecular formula is C15H18ClO2P. The van der Waals surface area contributed by atoms with Gasteiger partial charge in [-0.2, -0.15) is 0 Å². The van der Waals surface area contributed by atoms with Gasteiger partial charge in [0.2, 0.25) is 0 Å². The fourth-order valence-electron chi connectivity index (χ4n) is 1.40. The summed E-state index contributed by atoms with van der Waals surface area (Å²) < 4.78 is 11.8. The van der Waals surface area contributed by atoms with Crippen LogP contribution >= 0.6 is 20.8 Å². The van der Waals surface area contributed by atoms with E-state index >= 15 is 0 Å². The topological polar surface area (TPSA) is 18.5 Å². The van der Waals surface area contributed by atoms with Gasteiger partial charge in [-0.25, -0.2) is 0 Å². The zero-order chi connectivity index (χ0) is 12.8. The molecule has 0 aliphatic heterocycles. The van der Waals surface area contributed by atoms with E-state index in [4.69, 9.17) is 9.05 Å². The van der Waals surface area contributed by atoms with E-state index in [-0.39, 0.29) is 12.4 Å². The summed E-state index contributed by atoms with van der Waals surface area (Å²) in [7, 11) is -0.972. The van der Waals surface area contributed by atoms with E-state index in [1.807, 2.05) is 60.7 Å². The molecule has 0 N–H and O–H groups in total. The maximum atomic E-state index is 5.92. The van der Waals surface area contributed by atoms with E-state index in [2.05, 4.69) is 13.8 Å². The van der Waals surface area contributed by atoms with E-state index in [9.17, 15) is 0 Å². The van der Waals surface area contributed by atoms with Crippen LogP contribution in [0.5, 0.6) is 11.5 Å². The van der Waals surface area contributed by atoms with E-state index in [1.54, 1.807) is 0 Å². The van der Waals surface area contributed by atoms with Crippen LogP contribution in [-0.2, 0) is 0 Å².